The number of halogens is 1. The van der Waals surface area contributed by atoms with E-state index in [1.165, 1.54) is 19.2 Å². The Labute approximate surface area is 124 Å². The minimum atomic E-state index is -3.33. The molecule has 0 aromatic heterocycles. The van der Waals surface area contributed by atoms with E-state index in [2.05, 4.69) is 4.74 Å². The monoisotopic (exact) mass is 319 g/mol. The van der Waals surface area contributed by atoms with Crippen LogP contribution < -0.4 is 0 Å². The summed E-state index contributed by atoms with van der Waals surface area (Å²) < 4.78 is 28.7. The van der Waals surface area contributed by atoms with Gasteiger partial charge in [-0.2, -0.15) is 0 Å². The molecular weight excluding hydrogens is 302 g/mol. The summed E-state index contributed by atoms with van der Waals surface area (Å²) in [7, 11) is -0.242. The molecule has 0 aliphatic rings. The first-order valence-corrected chi connectivity index (χ1v) is 8.12. The van der Waals surface area contributed by atoms with Crippen LogP contribution in [0.3, 0.4) is 0 Å². The van der Waals surface area contributed by atoms with Crippen molar-refractivity contribution >= 4 is 27.4 Å². The van der Waals surface area contributed by atoms with Crippen molar-refractivity contribution < 1.29 is 17.9 Å². The average Bonchev–Trinajstić information content (AvgIpc) is 2.43. The zero-order chi connectivity index (χ0) is 15.2. The third kappa shape index (κ3) is 5.48. The number of nitrogens with zero attached hydrogens (tertiary/aromatic N) is 1. The van der Waals surface area contributed by atoms with Gasteiger partial charge in [0.15, 0.2) is 9.84 Å². The smallest absolute Gasteiger partial charge is 0.306 e. The van der Waals surface area contributed by atoms with Gasteiger partial charge in [-0.3, -0.25) is 4.79 Å². The summed E-state index contributed by atoms with van der Waals surface area (Å²) in [5, 5.41) is 0.499. The normalized spacial score (nSPS) is 11.6. The van der Waals surface area contributed by atoms with Gasteiger partial charge < -0.3 is 9.64 Å². The Morgan fingerprint density at radius 2 is 1.85 bits per heavy atom. The molecule has 5 nitrogen and oxygen atoms in total. The molecule has 0 saturated carbocycles. The lowest BCUT2D eigenvalue weighted by Crippen LogP contribution is -2.28. The van der Waals surface area contributed by atoms with Crippen molar-refractivity contribution in [2.24, 2.45) is 0 Å². The van der Waals surface area contributed by atoms with Gasteiger partial charge in [-0.05, 0) is 31.3 Å². The average molecular weight is 320 g/mol. The van der Waals surface area contributed by atoms with Gasteiger partial charge in [0.05, 0.1) is 24.2 Å². The molecule has 0 unspecified atom stereocenters. The zero-order valence-electron chi connectivity index (χ0n) is 11.5. The van der Waals surface area contributed by atoms with Crippen molar-refractivity contribution in [1.29, 1.82) is 0 Å². The van der Waals surface area contributed by atoms with E-state index >= 15 is 0 Å². The summed E-state index contributed by atoms with van der Waals surface area (Å²) in [6.45, 7) is 0.810. The number of benzene rings is 1. The van der Waals surface area contributed by atoms with Gasteiger partial charge in [-0.1, -0.05) is 11.6 Å². The molecule has 0 fully saturated rings. The van der Waals surface area contributed by atoms with Crippen molar-refractivity contribution in [3.05, 3.63) is 29.3 Å². The number of methoxy groups -OCH3 is 1. The second-order valence-electron chi connectivity index (χ2n) is 4.40. The summed E-state index contributed by atoms with van der Waals surface area (Å²) >= 11 is 5.73. The van der Waals surface area contributed by atoms with Crippen LogP contribution in [0.4, 0.5) is 0 Å². The third-order valence-corrected chi connectivity index (χ3v) is 4.80. The first-order chi connectivity index (χ1) is 9.35. The summed E-state index contributed by atoms with van der Waals surface area (Å²) in [4.78, 5) is 13.0. The molecule has 0 saturated heterocycles. The molecular formula is C13H18ClNO4S. The SMILES string of the molecule is COC(=O)CCN(C)CCS(=O)(=O)c1ccc(Cl)cc1. The van der Waals surface area contributed by atoms with E-state index in [9.17, 15) is 13.2 Å². The molecule has 7 heteroatoms. The highest BCUT2D eigenvalue weighted by Gasteiger charge is 2.15. The second kappa shape index (κ2) is 7.61. The van der Waals surface area contributed by atoms with Gasteiger partial charge in [0.25, 0.3) is 0 Å². The summed E-state index contributed by atoms with van der Waals surface area (Å²) in [5.41, 5.74) is 0. The molecule has 1 aromatic carbocycles. The second-order valence-corrected chi connectivity index (χ2v) is 6.95. The fourth-order valence-electron chi connectivity index (χ4n) is 1.53. The van der Waals surface area contributed by atoms with Gasteiger partial charge >= 0.3 is 5.97 Å². The summed E-state index contributed by atoms with van der Waals surface area (Å²) in [6, 6.07) is 6.09. The van der Waals surface area contributed by atoms with E-state index < -0.39 is 9.84 Å². The highest BCUT2D eigenvalue weighted by Crippen LogP contribution is 2.15. The highest BCUT2D eigenvalue weighted by molar-refractivity contribution is 7.91. The molecule has 0 atom stereocenters. The Bertz CT molecular complexity index is 542. The maximum Gasteiger partial charge on any atom is 0.306 e. The molecule has 112 valence electrons. The van der Waals surface area contributed by atoms with Crippen LogP contribution >= 0.6 is 11.6 Å². The first-order valence-electron chi connectivity index (χ1n) is 6.09. The quantitative estimate of drug-likeness (QED) is 0.714. The van der Waals surface area contributed by atoms with Crippen molar-refractivity contribution in [2.45, 2.75) is 11.3 Å². The maximum atomic E-state index is 12.1. The van der Waals surface area contributed by atoms with Crippen LogP contribution in [0.25, 0.3) is 0 Å². The predicted molar refractivity (Wildman–Crippen MR) is 77.6 cm³/mol. The van der Waals surface area contributed by atoms with Crippen LogP contribution in [-0.4, -0.2) is 52.3 Å². The number of hydrogen-bond donors (Lipinski definition) is 0. The van der Waals surface area contributed by atoms with Crippen LogP contribution in [0.5, 0.6) is 0 Å². The fraction of sp³-hybridized carbons (Fsp3) is 0.462. The lowest BCUT2D eigenvalue weighted by atomic mass is 10.4. The zero-order valence-corrected chi connectivity index (χ0v) is 13.1. The molecule has 0 aliphatic carbocycles. The molecule has 0 aliphatic heterocycles. The van der Waals surface area contributed by atoms with Crippen molar-refractivity contribution in [1.82, 2.24) is 4.90 Å². The molecule has 0 heterocycles. The number of hydrogen-bond acceptors (Lipinski definition) is 5. The molecule has 0 amide bonds. The number of sulfone groups is 1. The summed E-state index contributed by atoms with van der Waals surface area (Å²) in [5.74, 6) is -0.316. The van der Waals surface area contributed by atoms with Gasteiger partial charge in [0.1, 0.15) is 0 Å². The van der Waals surface area contributed by atoms with Crippen molar-refractivity contribution in [3.8, 4) is 0 Å². The maximum absolute atomic E-state index is 12.1. The van der Waals surface area contributed by atoms with Gasteiger partial charge in [0, 0.05) is 18.1 Å². The van der Waals surface area contributed by atoms with E-state index in [4.69, 9.17) is 11.6 Å². The predicted octanol–water partition coefficient (Wildman–Crippen LogP) is 1.61. The Hall–Kier alpha value is -1.11. The van der Waals surface area contributed by atoms with E-state index in [0.29, 0.717) is 18.1 Å². The molecule has 1 rings (SSSR count). The van der Waals surface area contributed by atoms with E-state index in [1.807, 2.05) is 0 Å². The number of ether oxygens (including phenoxy) is 1. The number of esters is 1. The Kier molecular flexibility index (Phi) is 6.45. The minimum absolute atomic E-state index is 0.00763. The third-order valence-electron chi connectivity index (χ3n) is 2.84. The first kappa shape index (κ1) is 16.9. The molecule has 0 N–H and O–H groups in total. The van der Waals surface area contributed by atoms with E-state index in [-0.39, 0.29) is 23.0 Å². The van der Waals surface area contributed by atoms with Crippen molar-refractivity contribution in [2.75, 3.05) is 33.0 Å². The molecule has 20 heavy (non-hydrogen) atoms. The Morgan fingerprint density at radius 3 is 2.40 bits per heavy atom. The molecule has 1 aromatic rings. The van der Waals surface area contributed by atoms with Gasteiger partial charge in [-0.25, -0.2) is 8.42 Å². The van der Waals surface area contributed by atoms with Crippen molar-refractivity contribution in [3.63, 3.8) is 0 Å². The van der Waals surface area contributed by atoms with Crippen LogP contribution in [0.1, 0.15) is 6.42 Å². The highest BCUT2D eigenvalue weighted by atomic mass is 35.5. The number of carbonyl (C=O) groups is 1. The minimum Gasteiger partial charge on any atom is -0.469 e. The topological polar surface area (TPSA) is 63.7 Å². The lowest BCUT2D eigenvalue weighted by molar-refractivity contribution is -0.140. The van der Waals surface area contributed by atoms with E-state index in [1.54, 1.807) is 24.1 Å². The largest absolute Gasteiger partial charge is 0.469 e. The fourth-order valence-corrected chi connectivity index (χ4v) is 3.00. The van der Waals surface area contributed by atoms with Crippen LogP contribution in [0, 0.1) is 0 Å². The number of carbonyl (C=O) groups excluding carboxylic acids is 1. The molecule has 0 radical (unpaired) electrons. The van der Waals surface area contributed by atoms with Gasteiger partial charge in [0.2, 0.25) is 0 Å². The van der Waals surface area contributed by atoms with E-state index in [0.717, 1.165) is 0 Å². The Morgan fingerprint density at radius 1 is 1.25 bits per heavy atom. The van der Waals surface area contributed by atoms with Crippen LogP contribution in [0.15, 0.2) is 29.2 Å². The van der Waals surface area contributed by atoms with Crippen LogP contribution in [-0.2, 0) is 19.4 Å². The number of rotatable bonds is 7. The van der Waals surface area contributed by atoms with Gasteiger partial charge in [-0.15, -0.1) is 0 Å². The molecule has 0 spiro atoms. The lowest BCUT2D eigenvalue weighted by Gasteiger charge is -2.15. The molecule has 0 bridgehead atoms. The standard InChI is InChI=1S/C13H18ClNO4S/c1-15(8-7-13(16)19-2)9-10-20(17,18)12-5-3-11(14)4-6-12/h3-6H,7-10H2,1-2H3. The summed E-state index contributed by atoms with van der Waals surface area (Å²) in [6.07, 6.45) is 0.244. The van der Waals surface area contributed by atoms with Crippen LogP contribution in [0.2, 0.25) is 5.02 Å². The Balaban J connectivity index is 2.51.